The van der Waals surface area contributed by atoms with Gasteiger partial charge in [-0.25, -0.2) is 0 Å². The van der Waals surface area contributed by atoms with Crippen LogP contribution >= 0.6 is 0 Å². The fourth-order valence-corrected chi connectivity index (χ4v) is 9.74. The van der Waals surface area contributed by atoms with Crippen LogP contribution in [0.3, 0.4) is 0 Å². The van der Waals surface area contributed by atoms with Crippen LogP contribution in [0.2, 0.25) is 36.3 Å². The van der Waals surface area contributed by atoms with Gasteiger partial charge in [0.25, 0.3) is 0 Å². The average Bonchev–Trinajstić information content (AvgIpc) is 2.85. The van der Waals surface area contributed by atoms with E-state index in [2.05, 4.69) is 93.1 Å². The molecule has 0 heterocycles. The molecule has 0 bridgehead atoms. The highest BCUT2D eigenvalue weighted by molar-refractivity contribution is 6.74. The molecule has 3 rings (SSSR count). The van der Waals surface area contributed by atoms with Crippen LogP contribution in [-0.4, -0.2) is 39.6 Å². The largest absolute Gasteiger partial charge is 0.413 e. The number of fused-ring (bicyclic) bond motifs is 1. The molecular weight excluding hydrogens is 525 g/mol. The van der Waals surface area contributed by atoms with Gasteiger partial charge >= 0.3 is 0 Å². The fourth-order valence-electron chi connectivity index (χ4n) is 7.13. The molecule has 40 heavy (non-hydrogen) atoms. The van der Waals surface area contributed by atoms with Crippen LogP contribution in [0.25, 0.3) is 0 Å². The first-order valence-electron chi connectivity index (χ1n) is 16.6. The fraction of sp³-hybridized carbons (Fsp3) is 0.886. The second-order valence-electron chi connectivity index (χ2n) is 16.5. The first kappa shape index (κ1) is 34.1. The van der Waals surface area contributed by atoms with Crippen molar-refractivity contribution in [3.05, 3.63) is 12.7 Å². The zero-order chi connectivity index (χ0) is 30.1. The number of rotatable bonds is 9. The molecule has 3 aliphatic rings. The van der Waals surface area contributed by atoms with Crippen molar-refractivity contribution < 1.29 is 14.0 Å². The van der Waals surface area contributed by atoms with Crippen molar-refractivity contribution in [2.75, 3.05) is 0 Å². The Morgan fingerprint density at radius 2 is 1.55 bits per heavy atom. The van der Waals surface area contributed by atoms with E-state index >= 15 is 0 Å². The minimum atomic E-state index is -1.98. The van der Waals surface area contributed by atoms with Crippen molar-refractivity contribution >= 4 is 16.6 Å². The number of aliphatic hydroxyl groups is 1. The van der Waals surface area contributed by atoms with E-state index in [0.29, 0.717) is 11.8 Å². The summed E-state index contributed by atoms with van der Waals surface area (Å²) < 4.78 is 14.3. The molecule has 5 heteroatoms. The van der Waals surface area contributed by atoms with E-state index in [1.54, 1.807) is 0 Å². The van der Waals surface area contributed by atoms with Gasteiger partial charge in [0.05, 0.1) is 11.7 Å². The SMILES string of the molecule is C=CC1(O)C(CCCC)[C@@H]2[C@@H](C#C[C@@H](O[Si](C)(C)C(C)(C)C)C3CCCCC3)[C@H](O[Si](C)(C)C(C)(C)C)CC[C@@H]21. The molecule has 3 saturated carbocycles. The van der Waals surface area contributed by atoms with E-state index in [4.69, 9.17) is 8.85 Å². The second kappa shape index (κ2) is 12.7. The quantitative estimate of drug-likeness (QED) is 0.165. The van der Waals surface area contributed by atoms with E-state index in [0.717, 1.165) is 32.1 Å². The predicted octanol–water partition coefficient (Wildman–Crippen LogP) is 9.73. The van der Waals surface area contributed by atoms with Crippen molar-refractivity contribution in [1.29, 1.82) is 0 Å². The van der Waals surface area contributed by atoms with Gasteiger partial charge in [-0.1, -0.05) is 98.5 Å². The monoisotopic (exact) mass is 588 g/mol. The third-order valence-electron chi connectivity index (χ3n) is 11.8. The van der Waals surface area contributed by atoms with Gasteiger partial charge in [0.2, 0.25) is 0 Å². The van der Waals surface area contributed by atoms with Crippen molar-refractivity contribution in [2.24, 2.45) is 29.6 Å². The molecule has 0 aromatic carbocycles. The van der Waals surface area contributed by atoms with Crippen LogP contribution in [0.4, 0.5) is 0 Å². The molecule has 0 aliphatic heterocycles. The summed E-state index contributed by atoms with van der Waals surface area (Å²) in [6.45, 7) is 29.9. The van der Waals surface area contributed by atoms with Crippen molar-refractivity contribution in [3.63, 3.8) is 0 Å². The van der Waals surface area contributed by atoms with Crippen LogP contribution in [-0.2, 0) is 8.85 Å². The van der Waals surface area contributed by atoms with Crippen molar-refractivity contribution in [1.82, 2.24) is 0 Å². The van der Waals surface area contributed by atoms with Crippen LogP contribution in [0.5, 0.6) is 0 Å². The molecule has 1 N–H and O–H groups in total. The first-order valence-corrected chi connectivity index (χ1v) is 22.4. The Hall–Kier alpha value is -0.386. The molecule has 0 saturated heterocycles. The highest BCUT2D eigenvalue weighted by atomic mass is 28.4. The van der Waals surface area contributed by atoms with Gasteiger partial charge in [-0.2, -0.15) is 0 Å². The molecule has 0 radical (unpaired) electrons. The van der Waals surface area contributed by atoms with Gasteiger partial charge in [0.15, 0.2) is 16.6 Å². The second-order valence-corrected chi connectivity index (χ2v) is 26.0. The Morgan fingerprint density at radius 3 is 2.08 bits per heavy atom. The zero-order valence-corrected chi connectivity index (χ0v) is 30.2. The summed E-state index contributed by atoms with van der Waals surface area (Å²) in [6, 6.07) is 0. The van der Waals surface area contributed by atoms with Gasteiger partial charge in [0.1, 0.15) is 6.10 Å². The summed E-state index contributed by atoms with van der Waals surface area (Å²) in [4.78, 5) is 0. The molecule has 0 aromatic heterocycles. The Kier molecular flexibility index (Phi) is 10.8. The average molecular weight is 589 g/mol. The molecule has 0 amide bonds. The van der Waals surface area contributed by atoms with Gasteiger partial charge < -0.3 is 14.0 Å². The third kappa shape index (κ3) is 7.04. The highest BCUT2D eigenvalue weighted by Crippen LogP contribution is 2.61. The summed E-state index contributed by atoms with van der Waals surface area (Å²) in [5.74, 6) is 9.24. The summed E-state index contributed by atoms with van der Waals surface area (Å²) in [6.07, 6.45) is 13.7. The van der Waals surface area contributed by atoms with Gasteiger partial charge in [-0.3, -0.25) is 0 Å². The summed E-state index contributed by atoms with van der Waals surface area (Å²) in [5.41, 5.74) is -0.762. The summed E-state index contributed by atoms with van der Waals surface area (Å²) in [5, 5.41) is 12.1. The highest BCUT2D eigenvalue weighted by Gasteiger charge is 2.64. The summed E-state index contributed by atoms with van der Waals surface area (Å²) >= 11 is 0. The molecular formula is C35H64O3Si2. The topological polar surface area (TPSA) is 38.7 Å². The lowest BCUT2D eigenvalue weighted by Crippen LogP contribution is -2.67. The number of hydrogen-bond donors (Lipinski definition) is 1. The minimum absolute atomic E-state index is 0.00236. The maximum atomic E-state index is 11.8. The van der Waals surface area contributed by atoms with E-state index in [1.165, 1.54) is 32.1 Å². The Morgan fingerprint density at radius 1 is 0.950 bits per heavy atom. The molecule has 3 aliphatic carbocycles. The Balaban J connectivity index is 2.03. The maximum Gasteiger partial charge on any atom is 0.193 e. The maximum absolute atomic E-state index is 11.8. The van der Waals surface area contributed by atoms with E-state index < -0.39 is 22.2 Å². The molecule has 0 spiro atoms. The zero-order valence-electron chi connectivity index (χ0n) is 28.2. The molecule has 3 nitrogen and oxygen atoms in total. The predicted molar refractivity (Wildman–Crippen MR) is 176 cm³/mol. The molecule has 7 atom stereocenters. The van der Waals surface area contributed by atoms with Crippen molar-refractivity contribution in [2.45, 2.75) is 167 Å². The first-order chi connectivity index (χ1) is 18.4. The number of hydrogen-bond acceptors (Lipinski definition) is 3. The third-order valence-corrected chi connectivity index (χ3v) is 20.8. The lowest BCUT2D eigenvalue weighted by Gasteiger charge is -2.63. The summed E-state index contributed by atoms with van der Waals surface area (Å²) in [7, 11) is -3.95. The molecule has 3 fully saturated rings. The van der Waals surface area contributed by atoms with Gasteiger partial charge in [-0.05, 0) is 92.0 Å². The standard InChI is InChI=1S/C35H64O3Si2/c1-13-15-21-28-32-27(22-24-30(26-19-17-16-18-20-26)37-39(9,10)33(3,4)5)31(38-40(11,12)34(6,7)8)25-23-29(32)35(28,36)14-2/h14,26-32,36H,2,13,15-21,23,25H2,1,3-12H3/t27-,28?,29-,30+,31+,32-,35?/m0/s1. The van der Waals surface area contributed by atoms with E-state index in [1.807, 2.05) is 6.08 Å². The van der Waals surface area contributed by atoms with Crippen LogP contribution in [0.1, 0.15) is 113 Å². The smallest absolute Gasteiger partial charge is 0.193 e. The lowest BCUT2D eigenvalue weighted by molar-refractivity contribution is -0.208. The van der Waals surface area contributed by atoms with Crippen molar-refractivity contribution in [3.8, 4) is 11.8 Å². The van der Waals surface area contributed by atoms with Crippen LogP contribution < -0.4 is 0 Å². The van der Waals surface area contributed by atoms with E-state index in [-0.39, 0.29) is 40.0 Å². The number of unbranched alkanes of at least 4 members (excludes halogenated alkanes) is 1. The lowest BCUT2D eigenvalue weighted by atomic mass is 9.45. The Labute approximate surface area is 250 Å². The molecule has 2 unspecified atom stereocenters. The van der Waals surface area contributed by atoms with Crippen LogP contribution in [0, 0.1) is 41.4 Å². The van der Waals surface area contributed by atoms with Crippen LogP contribution in [0.15, 0.2) is 12.7 Å². The van der Waals surface area contributed by atoms with E-state index in [9.17, 15) is 5.11 Å². The molecule has 230 valence electrons. The molecule has 0 aromatic rings. The normalized spacial score (nSPS) is 32.9. The van der Waals surface area contributed by atoms with Gasteiger partial charge in [-0.15, -0.1) is 6.58 Å². The van der Waals surface area contributed by atoms with Gasteiger partial charge in [0, 0.05) is 5.92 Å². The Bertz CT molecular complexity index is 912. The minimum Gasteiger partial charge on any atom is -0.413 e.